The standard InChI is InChI=1S/C27H28F3N3O4S/c1-17-7-4-8-18(2)23(17)24-20(27(28,29)30)12-11-19(31-24)15-38(36,37)22-10-5-9-21(32-22)33-14-6-13-26(3,16-33)25(34)35/h4-5,7-12H,6,13-16H2,1-3H3,(H,34,35)/t26-/m1/s1. The number of piperidine rings is 1. The molecule has 0 bridgehead atoms. The van der Waals surface area contributed by atoms with Crippen molar-refractivity contribution in [1.29, 1.82) is 0 Å². The van der Waals surface area contributed by atoms with Crippen LogP contribution in [0.5, 0.6) is 0 Å². The van der Waals surface area contributed by atoms with Gasteiger partial charge in [-0.3, -0.25) is 9.78 Å². The maximum Gasteiger partial charge on any atom is 0.418 e. The molecule has 0 spiro atoms. The van der Waals surface area contributed by atoms with Crippen LogP contribution in [0.15, 0.2) is 53.6 Å². The van der Waals surface area contributed by atoms with Gasteiger partial charge in [0.15, 0.2) is 5.03 Å². The van der Waals surface area contributed by atoms with Crippen LogP contribution in [0.4, 0.5) is 19.0 Å². The molecule has 0 saturated carbocycles. The minimum Gasteiger partial charge on any atom is -0.481 e. The van der Waals surface area contributed by atoms with Crippen LogP contribution in [-0.2, 0) is 26.6 Å². The summed E-state index contributed by atoms with van der Waals surface area (Å²) < 4.78 is 68.1. The summed E-state index contributed by atoms with van der Waals surface area (Å²) in [5.74, 6) is -1.25. The summed E-state index contributed by atoms with van der Waals surface area (Å²) in [6, 6.07) is 11.5. The van der Waals surface area contributed by atoms with E-state index in [1.807, 2.05) is 0 Å². The molecule has 3 heterocycles. The van der Waals surface area contributed by atoms with Crippen molar-refractivity contribution >= 4 is 21.6 Å². The van der Waals surface area contributed by atoms with Crippen LogP contribution in [-0.4, -0.2) is 42.6 Å². The number of aryl methyl sites for hydroxylation is 2. The van der Waals surface area contributed by atoms with Crippen molar-refractivity contribution in [2.45, 2.75) is 50.6 Å². The van der Waals surface area contributed by atoms with Crippen LogP contribution in [0.1, 0.15) is 42.1 Å². The number of aliphatic carboxylic acids is 1. The number of anilines is 1. The highest BCUT2D eigenvalue weighted by Gasteiger charge is 2.39. The Hall–Kier alpha value is -3.47. The van der Waals surface area contributed by atoms with E-state index in [0.717, 1.165) is 12.1 Å². The van der Waals surface area contributed by atoms with Gasteiger partial charge in [0.25, 0.3) is 0 Å². The van der Waals surface area contributed by atoms with Gasteiger partial charge in [0.1, 0.15) is 5.82 Å². The predicted octanol–water partition coefficient (Wildman–Crippen LogP) is 5.44. The number of carboxylic acids is 1. The van der Waals surface area contributed by atoms with Crippen molar-refractivity contribution in [2.24, 2.45) is 5.41 Å². The summed E-state index contributed by atoms with van der Waals surface area (Å²) in [5, 5.41) is 9.34. The maximum absolute atomic E-state index is 13.8. The summed E-state index contributed by atoms with van der Waals surface area (Å²) in [6.07, 6.45) is -3.57. The first-order chi connectivity index (χ1) is 17.7. The first kappa shape index (κ1) is 27.6. The number of alkyl halides is 3. The Labute approximate surface area is 219 Å². The van der Waals surface area contributed by atoms with Crippen molar-refractivity contribution in [1.82, 2.24) is 9.97 Å². The average molecular weight is 548 g/mol. The molecule has 3 aromatic rings. The molecule has 1 fully saturated rings. The molecular formula is C27H28F3N3O4S. The fraction of sp³-hybridized carbons (Fsp3) is 0.370. The third kappa shape index (κ3) is 5.52. The SMILES string of the molecule is Cc1cccc(C)c1-c1nc(CS(=O)(=O)c2cccc(N3CCC[C@@](C)(C(=O)O)C3)n2)ccc1C(F)(F)F. The van der Waals surface area contributed by atoms with Crippen molar-refractivity contribution in [2.75, 3.05) is 18.0 Å². The highest BCUT2D eigenvalue weighted by Crippen LogP contribution is 2.39. The molecule has 38 heavy (non-hydrogen) atoms. The van der Waals surface area contributed by atoms with Gasteiger partial charge >= 0.3 is 12.1 Å². The monoisotopic (exact) mass is 547 g/mol. The van der Waals surface area contributed by atoms with E-state index in [4.69, 9.17) is 0 Å². The molecule has 0 unspecified atom stereocenters. The van der Waals surface area contributed by atoms with Crippen LogP contribution < -0.4 is 4.90 Å². The number of rotatable bonds is 6. The van der Waals surface area contributed by atoms with E-state index < -0.39 is 38.7 Å². The Balaban J connectivity index is 1.69. The van der Waals surface area contributed by atoms with Gasteiger partial charge < -0.3 is 10.0 Å². The lowest BCUT2D eigenvalue weighted by Crippen LogP contribution is -2.46. The van der Waals surface area contributed by atoms with Crippen LogP contribution in [0, 0.1) is 19.3 Å². The van der Waals surface area contributed by atoms with Crippen molar-refractivity contribution in [3.8, 4) is 11.3 Å². The van der Waals surface area contributed by atoms with Gasteiger partial charge in [-0.05, 0) is 69.0 Å². The first-order valence-corrected chi connectivity index (χ1v) is 13.7. The van der Waals surface area contributed by atoms with E-state index in [-0.39, 0.29) is 23.0 Å². The van der Waals surface area contributed by atoms with Crippen LogP contribution in [0.25, 0.3) is 11.3 Å². The molecule has 1 aromatic carbocycles. The van der Waals surface area contributed by atoms with E-state index in [0.29, 0.717) is 41.9 Å². The molecule has 0 aliphatic carbocycles. The van der Waals surface area contributed by atoms with E-state index in [1.54, 1.807) is 49.9 Å². The van der Waals surface area contributed by atoms with Gasteiger partial charge in [0.05, 0.1) is 28.1 Å². The second-order valence-corrected chi connectivity index (χ2v) is 11.9. The fourth-order valence-corrected chi connectivity index (χ4v) is 6.04. The van der Waals surface area contributed by atoms with Gasteiger partial charge in [-0.15, -0.1) is 0 Å². The number of aromatic nitrogens is 2. The highest BCUT2D eigenvalue weighted by atomic mass is 32.2. The van der Waals surface area contributed by atoms with Crippen molar-refractivity contribution in [3.05, 3.63) is 70.9 Å². The van der Waals surface area contributed by atoms with Crippen molar-refractivity contribution in [3.63, 3.8) is 0 Å². The summed E-state index contributed by atoms with van der Waals surface area (Å²) in [5.41, 5.74) is -0.792. The summed E-state index contributed by atoms with van der Waals surface area (Å²) in [7, 11) is -4.08. The number of carbonyl (C=O) groups is 1. The van der Waals surface area contributed by atoms with Gasteiger partial charge in [-0.1, -0.05) is 24.3 Å². The maximum atomic E-state index is 13.8. The third-order valence-corrected chi connectivity index (χ3v) is 8.42. The number of sulfone groups is 1. The number of halogens is 3. The third-order valence-electron chi connectivity index (χ3n) is 6.88. The molecule has 0 radical (unpaired) electrons. The molecule has 2 aromatic heterocycles. The number of hydrogen-bond donors (Lipinski definition) is 1. The number of benzene rings is 1. The van der Waals surface area contributed by atoms with Crippen LogP contribution in [0.2, 0.25) is 0 Å². The van der Waals surface area contributed by atoms with Gasteiger partial charge in [-0.2, -0.15) is 13.2 Å². The second kappa shape index (κ2) is 10.0. The molecule has 1 atom stereocenters. The summed E-state index contributed by atoms with van der Waals surface area (Å²) >= 11 is 0. The second-order valence-electron chi connectivity index (χ2n) is 9.95. The molecule has 11 heteroatoms. The zero-order chi connectivity index (χ0) is 27.9. The Morgan fingerprint density at radius 3 is 2.34 bits per heavy atom. The smallest absolute Gasteiger partial charge is 0.418 e. The average Bonchev–Trinajstić information content (AvgIpc) is 2.83. The molecule has 7 nitrogen and oxygen atoms in total. The first-order valence-electron chi connectivity index (χ1n) is 12.0. The molecule has 0 amide bonds. The van der Waals surface area contributed by atoms with Crippen molar-refractivity contribution < 1.29 is 31.5 Å². The molecular weight excluding hydrogens is 519 g/mol. The number of pyridine rings is 2. The zero-order valence-electron chi connectivity index (χ0n) is 21.2. The minimum atomic E-state index is -4.68. The fourth-order valence-electron chi connectivity index (χ4n) is 4.82. The zero-order valence-corrected chi connectivity index (χ0v) is 22.0. The molecule has 1 N–H and O–H groups in total. The Kier molecular flexibility index (Phi) is 7.26. The van der Waals surface area contributed by atoms with Crippen LogP contribution >= 0.6 is 0 Å². The molecule has 1 saturated heterocycles. The van der Waals surface area contributed by atoms with Gasteiger partial charge in [0, 0.05) is 18.7 Å². The number of carboxylic acid groups (broad SMARTS) is 1. The molecule has 1 aliphatic heterocycles. The summed E-state index contributed by atoms with van der Waals surface area (Å²) in [6.45, 7) is 5.71. The topological polar surface area (TPSA) is 100 Å². The molecule has 202 valence electrons. The van der Waals surface area contributed by atoms with Crippen LogP contribution in [0.3, 0.4) is 0 Å². The predicted molar refractivity (Wildman–Crippen MR) is 136 cm³/mol. The lowest BCUT2D eigenvalue weighted by atomic mass is 9.82. The Morgan fingerprint density at radius 2 is 1.71 bits per heavy atom. The molecule has 4 rings (SSSR count). The van der Waals surface area contributed by atoms with E-state index in [1.165, 1.54) is 12.1 Å². The Morgan fingerprint density at radius 1 is 1.05 bits per heavy atom. The lowest BCUT2D eigenvalue weighted by molar-refractivity contribution is -0.148. The number of hydrogen-bond acceptors (Lipinski definition) is 6. The van der Waals surface area contributed by atoms with E-state index >= 15 is 0 Å². The minimum absolute atomic E-state index is 0.0423. The Bertz CT molecular complexity index is 1470. The van der Waals surface area contributed by atoms with E-state index in [9.17, 15) is 31.5 Å². The number of nitrogens with zero attached hydrogens (tertiary/aromatic N) is 3. The quantitative estimate of drug-likeness (QED) is 0.438. The normalized spacial score (nSPS) is 18.4. The largest absolute Gasteiger partial charge is 0.481 e. The van der Waals surface area contributed by atoms with Gasteiger partial charge in [-0.25, -0.2) is 13.4 Å². The molecule has 1 aliphatic rings. The highest BCUT2D eigenvalue weighted by molar-refractivity contribution is 7.90. The summed E-state index contributed by atoms with van der Waals surface area (Å²) in [4.78, 5) is 21.9. The van der Waals surface area contributed by atoms with E-state index in [2.05, 4.69) is 9.97 Å². The lowest BCUT2D eigenvalue weighted by Gasteiger charge is -2.38. The van der Waals surface area contributed by atoms with Gasteiger partial charge in [0.2, 0.25) is 9.84 Å².